The number of nitrogens with one attached hydrogen (secondary N) is 1. The number of nitro benzene ring substituents is 1. The van der Waals surface area contributed by atoms with E-state index in [0.29, 0.717) is 23.6 Å². The van der Waals surface area contributed by atoms with Crippen LogP contribution in [0.25, 0.3) is 0 Å². The second-order valence-electron chi connectivity index (χ2n) is 4.74. The highest BCUT2D eigenvalue weighted by Gasteiger charge is 2.12. The molecule has 0 aliphatic carbocycles. The zero-order valence-electron chi connectivity index (χ0n) is 10.9. The van der Waals surface area contributed by atoms with Crippen LogP contribution < -0.4 is 5.32 Å². The van der Waals surface area contributed by atoms with E-state index >= 15 is 0 Å². The van der Waals surface area contributed by atoms with E-state index in [1.165, 1.54) is 6.07 Å². The first-order valence-corrected chi connectivity index (χ1v) is 5.95. The highest BCUT2D eigenvalue weighted by molar-refractivity contribution is 5.91. The summed E-state index contributed by atoms with van der Waals surface area (Å²) in [6.45, 7) is 5.76. The molecule has 0 spiro atoms. The summed E-state index contributed by atoms with van der Waals surface area (Å²) < 4.78 is 0. The topological polar surface area (TPSA) is 72.2 Å². The number of rotatable bonds is 5. The van der Waals surface area contributed by atoms with Crippen LogP contribution in [0.5, 0.6) is 0 Å². The molecule has 0 fully saturated rings. The molecule has 0 bridgehead atoms. The van der Waals surface area contributed by atoms with Gasteiger partial charge < -0.3 is 5.32 Å². The van der Waals surface area contributed by atoms with Gasteiger partial charge in [-0.3, -0.25) is 14.9 Å². The van der Waals surface area contributed by atoms with E-state index in [2.05, 4.69) is 5.32 Å². The number of carbonyl (C=O) groups is 1. The summed E-state index contributed by atoms with van der Waals surface area (Å²) in [5.41, 5.74) is 1.08. The second kappa shape index (κ2) is 6.14. The molecule has 0 heterocycles. The third-order valence-electron chi connectivity index (χ3n) is 2.64. The molecule has 1 rings (SSSR count). The van der Waals surface area contributed by atoms with Gasteiger partial charge in [0.25, 0.3) is 5.69 Å². The Hall–Kier alpha value is -1.91. The predicted molar refractivity (Wildman–Crippen MR) is 70.5 cm³/mol. The number of carbonyl (C=O) groups excluding carboxylic acids is 1. The molecule has 5 heteroatoms. The van der Waals surface area contributed by atoms with E-state index in [9.17, 15) is 14.9 Å². The third-order valence-corrected chi connectivity index (χ3v) is 2.64. The summed E-state index contributed by atoms with van der Waals surface area (Å²) in [5.74, 6) is 0.352. The van der Waals surface area contributed by atoms with Crippen LogP contribution in [0.4, 0.5) is 11.4 Å². The van der Waals surface area contributed by atoms with E-state index in [1.807, 2.05) is 13.8 Å². The number of nitro groups is 1. The molecule has 0 aromatic heterocycles. The monoisotopic (exact) mass is 250 g/mol. The minimum atomic E-state index is -0.445. The van der Waals surface area contributed by atoms with Gasteiger partial charge in [0.2, 0.25) is 5.91 Å². The van der Waals surface area contributed by atoms with Crippen molar-refractivity contribution in [1.82, 2.24) is 0 Å². The summed E-state index contributed by atoms with van der Waals surface area (Å²) in [6, 6.07) is 4.70. The van der Waals surface area contributed by atoms with E-state index in [0.717, 1.165) is 6.42 Å². The predicted octanol–water partition coefficient (Wildman–Crippen LogP) is 3.28. The quantitative estimate of drug-likeness (QED) is 0.643. The number of aryl methyl sites for hydroxylation is 1. The lowest BCUT2D eigenvalue weighted by Crippen LogP contribution is -2.12. The Kier molecular flexibility index (Phi) is 4.83. The maximum atomic E-state index is 11.6. The summed E-state index contributed by atoms with van der Waals surface area (Å²) in [4.78, 5) is 21.9. The normalized spacial score (nSPS) is 10.4. The van der Waals surface area contributed by atoms with Crippen molar-refractivity contribution in [2.45, 2.75) is 33.6 Å². The Bertz CT molecular complexity index is 456. The van der Waals surface area contributed by atoms with Gasteiger partial charge in [0.1, 0.15) is 0 Å². The first-order chi connectivity index (χ1) is 8.40. The van der Waals surface area contributed by atoms with Gasteiger partial charge in [-0.1, -0.05) is 19.9 Å². The molecule has 0 saturated heterocycles. The van der Waals surface area contributed by atoms with Crippen molar-refractivity contribution in [2.75, 3.05) is 5.32 Å². The van der Waals surface area contributed by atoms with Crippen molar-refractivity contribution >= 4 is 17.3 Å². The van der Waals surface area contributed by atoms with Crippen LogP contribution in [-0.2, 0) is 4.79 Å². The van der Waals surface area contributed by atoms with Crippen molar-refractivity contribution in [3.63, 3.8) is 0 Å². The minimum absolute atomic E-state index is 0.0247. The fourth-order valence-corrected chi connectivity index (χ4v) is 1.53. The average molecular weight is 250 g/mol. The maximum absolute atomic E-state index is 11.6. The van der Waals surface area contributed by atoms with Gasteiger partial charge in [-0.25, -0.2) is 0 Å². The van der Waals surface area contributed by atoms with Gasteiger partial charge in [0.05, 0.1) is 4.92 Å². The third kappa shape index (κ3) is 4.16. The first kappa shape index (κ1) is 14.2. The molecule has 0 saturated carbocycles. The Balaban J connectivity index is 2.70. The molecule has 1 N–H and O–H groups in total. The van der Waals surface area contributed by atoms with Crippen LogP contribution in [0.2, 0.25) is 0 Å². The van der Waals surface area contributed by atoms with Crippen molar-refractivity contribution in [3.8, 4) is 0 Å². The van der Waals surface area contributed by atoms with Crippen molar-refractivity contribution in [1.29, 1.82) is 0 Å². The molecule has 0 unspecified atom stereocenters. The summed E-state index contributed by atoms with van der Waals surface area (Å²) >= 11 is 0. The van der Waals surface area contributed by atoms with Crippen molar-refractivity contribution in [2.24, 2.45) is 5.92 Å². The van der Waals surface area contributed by atoms with Crippen LogP contribution >= 0.6 is 0 Å². The molecule has 0 atom stereocenters. The highest BCUT2D eigenvalue weighted by atomic mass is 16.6. The van der Waals surface area contributed by atoms with Gasteiger partial charge in [-0.15, -0.1) is 0 Å². The van der Waals surface area contributed by atoms with Crippen LogP contribution in [0.15, 0.2) is 18.2 Å². The van der Waals surface area contributed by atoms with Crippen LogP contribution in [0.3, 0.4) is 0 Å². The van der Waals surface area contributed by atoms with E-state index < -0.39 is 4.92 Å². The minimum Gasteiger partial charge on any atom is -0.326 e. The zero-order valence-corrected chi connectivity index (χ0v) is 10.9. The smallest absolute Gasteiger partial charge is 0.274 e. The zero-order chi connectivity index (χ0) is 13.7. The second-order valence-corrected chi connectivity index (χ2v) is 4.74. The maximum Gasteiger partial charge on any atom is 0.274 e. The molecule has 0 aliphatic rings. The summed E-state index contributed by atoms with van der Waals surface area (Å²) in [6.07, 6.45) is 1.24. The Morgan fingerprint density at radius 2 is 2.11 bits per heavy atom. The van der Waals surface area contributed by atoms with Gasteiger partial charge in [-0.2, -0.15) is 0 Å². The van der Waals surface area contributed by atoms with E-state index in [-0.39, 0.29) is 11.6 Å². The molecule has 1 aromatic carbocycles. The highest BCUT2D eigenvalue weighted by Crippen LogP contribution is 2.22. The number of nitrogens with zero attached hydrogens (tertiary/aromatic N) is 1. The average Bonchev–Trinajstić information content (AvgIpc) is 2.28. The fourth-order valence-electron chi connectivity index (χ4n) is 1.53. The summed E-state index contributed by atoms with van der Waals surface area (Å²) in [7, 11) is 0. The standard InChI is InChI=1S/C13H18N2O3/c1-9(2)4-7-13(16)14-11-6-5-10(3)12(8-11)15(17)18/h5-6,8-9H,4,7H2,1-3H3,(H,14,16). The lowest BCUT2D eigenvalue weighted by molar-refractivity contribution is -0.385. The number of amides is 1. The molecule has 1 aromatic rings. The van der Waals surface area contributed by atoms with E-state index in [1.54, 1.807) is 19.1 Å². The first-order valence-electron chi connectivity index (χ1n) is 5.95. The molecular formula is C13H18N2O3. The van der Waals surface area contributed by atoms with Crippen LogP contribution in [0.1, 0.15) is 32.3 Å². The molecular weight excluding hydrogens is 232 g/mol. The Morgan fingerprint density at radius 1 is 1.44 bits per heavy atom. The Labute approximate surface area is 106 Å². The van der Waals surface area contributed by atoms with Gasteiger partial charge in [-0.05, 0) is 25.3 Å². The van der Waals surface area contributed by atoms with Crippen LogP contribution in [-0.4, -0.2) is 10.8 Å². The van der Waals surface area contributed by atoms with Crippen molar-refractivity contribution < 1.29 is 9.72 Å². The molecule has 0 aliphatic heterocycles. The molecule has 5 nitrogen and oxygen atoms in total. The Morgan fingerprint density at radius 3 is 2.67 bits per heavy atom. The fraction of sp³-hybridized carbons (Fsp3) is 0.462. The summed E-state index contributed by atoms with van der Waals surface area (Å²) in [5, 5.41) is 13.4. The van der Waals surface area contributed by atoms with Gasteiger partial charge >= 0.3 is 0 Å². The molecule has 98 valence electrons. The van der Waals surface area contributed by atoms with E-state index in [4.69, 9.17) is 0 Å². The van der Waals surface area contributed by atoms with Gasteiger partial charge in [0.15, 0.2) is 0 Å². The number of hydrogen-bond acceptors (Lipinski definition) is 3. The molecule has 1 amide bonds. The number of hydrogen-bond donors (Lipinski definition) is 1. The van der Waals surface area contributed by atoms with Crippen molar-refractivity contribution in [3.05, 3.63) is 33.9 Å². The number of anilines is 1. The largest absolute Gasteiger partial charge is 0.326 e. The lowest BCUT2D eigenvalue weighted by atomic mass is 10.1. The van der Waals surface area contributed by atoms with Gasteiger partial charge in [0, 0.05) is 23.7 Å². The lowest BCUT2D eigenvalue weighted by Gasteiger charge is -2.07. The van der Waals surface area contributed by atoms with Crippen LogP contribution in [0, 0.1) is 23.0 Å². The molecule has 18 heavy (non-hydrogen) atoms. The molecule has 0 radical (unpaired) electrons. The number of benzene rings is 1. The SMILES string of the molecule is Cc1ccc(NC(=O)CCC(C)C)cc1[N+](=O)[O-].